The van der Waals surface area contributed by atoms with Crippen molar-refractivity contribution < 1.29 is 38.8 Å². The first-order valence-electron chi connectivity index (χ1n) is 12.8. The van der Waals surface area contributed by atoms with Crippen LogP contribution >= 0.6 is 22.6 Å². The van der Waals surface area contributed by atoms with Gasteiger partial charge in [0.15, 0.2) is 11.5 Å². The highest BCUT2D eigenvalue weighted by molar-refractivity contribution is 14.1. The predicted molar refractivity (Wildman–Crippen MR) is 155 cm³/mol. The van der Waals surface area contributed by atoms with Crippen LogP contribution in [0.1, 0.15) is 30.4 Å². The summed E-state index contributed by atoms with van der Waals surface area (Å²) in [6.45, 7) is 3.32. The zero-order chi connectivity index (χ0) is 29.2. The molecule has 2 aromatic carbocycles. The third kappa shape index (κ3) is 8.03. The minimum atomic E-state index is -1.25. The molecule has 11 heteroatoms. The van der Waals surface area contributed by atoms with Gasteiger partial charge >= 0.3 is 0 Å². The van der Waals surface area contributed by atoms with E-state index in [4.69, 9.17) is 9.47 Å². The van der Waals surface area contributed by atoms with E-state index in [0.29, 0.717) is 32.6 Å². The van der Waals surface area contributed by atoms with Gasteiger partial charge in [-0.15, -0.1) is 6.58 Å². The first-order chi connectivity index (χ1) is 19.2. The Kier molecular flexibility index (Phi) is 11.9. The number of rotatable bonds is 13. The number of hydrogen-bond acceptors (Lipinski definition) is 7. The normalized spacial score (nSPS) is 18.4. The third-order valence-electron chi connectivity index (χ3n) is 6.49. The van der Waals surface area contributed by atoms with Crippen molar-refractivity contribution in [1.29, 1.82) is 0 Å². The van der Waals surface area contributed by atoms with Gasteiger partial charge in [-0.25, -0.2) is 4.39 Å². The second kappa shape index (κ2) is 15.1. The third-order valence-corrected chi connectivity index (χ3v) is 7.29. The van der Waals surface area contributed by atoms with E-state index in [1.54, 1.807) is 30.3 Å². The Bertz CT molecular complexity index is 1220. The molecular formula is C29H34FIN2O7. The molecule has 0 radical (unpaired) electrons. The van der Waals surface area contributed by atoms with E-state index in [0.717, 1.165) is 0 Å². The molecule has 0 saturated heterocycles. The molecule has 1 aliphatic carbocycles. The number of hydrogen-bond donors (Lipinski definition) is 4. The molecule has 4 N–H and O–H groups in total. The SMILES string of the molecule is C=CCCC(=O)N(Cc1ccc(F)cc1)C1CC(C(=O)NCCO)=CC(Oc2c(I)cc(CO)cc2OC)C1O. The van der Waals surface area contributed by atoms with Crippen LogP contribution in [0, 0.1) is 9.39 Å². The summed E-state index contributed by atoms with van der Waals surface area (Å²) in [5, 5.41) is 33.0. The summed E-state index contributed by atoms with van der Waals surface area (Å²) in [4.78, 5) is 27.9. The van der Waals surface area contributed by atoms with Crippen molar-refractivity contribution in [3.05, 3.63) is 81.2 Å². The zero-order valence-corrected chi connectivity index (χ0v) is 24.3. The van der Waals surface area contributed by atoms with Gasteiger partial charge in [0.05, 0.1) is 29.9 Å². The van der Waals surface area contributed by atoms with Crippen LogP contribution in [0.15, 0.2) is 60.7 Å². The molecule has 0 fully saturated rings. The van der Waals surface area contributed by atoms with Crippen LogP contribution in [0.2, 0.25) is 0 Å². The highest BCUT2D eigenvalue weighted by Crippen LogP contribution is 2.37. The number of amides is 2. The van der Waals surface area contributed by atoms with Crippen LogP contribution in [-0.2, 0) is 22.7 Å². The van der Waals surface area contributed by atoms with Crippen molar-refractivity contribution in [3.8, 4) is 11.5 Å². The Balaban J connectivity index is 2.03. The van der Waals surface area contributed by atoms with E-state index in [-0.39, 0.29) is 50.6 Å². The first-order valence-corrected chi connectivity index (χ1v) is 13.9. The van der Waals surface area contributed by atoms with E-state index >= 15 is 0 Å². The lowest BCUT2D eigenvalue weighted by atomic mass is 9.87. The van der Waals surface area contributed by atoms with Gasteiger partial charge in [0, 0.05) is 31.5 Å². The van der Waals surface area contributed by atoms with Crippen molar-refractivity contribution in [2.45, 2.75) is 50.7 Å². The maximum Gasteiger partial charge on any atom is 0.247 e. The van der Waals surface area contributed by atoms with Crippen molar-refractivity contribution in [2.24, 2.45) is 0 Å². The van der Waals surface area contributed by atoms with Gasteiger partial charge in [-0.3, -0.25) is 9.59 Å². The molecule has 3 atom stereocenters. The minimum Gasteiger partial charge on any atom is -0.493 e. The number of benzene rings is 2. The lowest BCUT2D eigenvalue weighted by Gasteiger charge is -2.40. The number of nitrogens with one attached hydrogen (secondary N) is 1. The monoisotopic (exact) mass is 668 g/mol. The number of nitrogens with zero attached hydrogens (tertiary/aromatic N) is 1. The Labute approximate surface area is 246 Å². The van der Waals surface area contributed by atoms with E-state index in [1.807, 2.05) is 22.6 Å². The molecule has 0 heterocycles. The summed E-state index contributed by atoms with van der Waals surface area (Å²) in [7, 11) is 1.45. The Morgan fingerprint density at radius 2 is 1.95 bits per heavy atom. The maximum atomic E-state index is 13.6. The molecule has 3 unspecified atom stereocenters. The predicted octanol–water partition coefficient (Wildman–Crippen LogP) is 2.84. The molecular weight excluding hydrogens is 634 g/mol. The van der Waals surface area contributed by atoms with Gasteiger partial charge in [-0.2, -0.15) is 0 Å². The van der Waals surface area contributed by atoms with Crippen molar-refractivity contribution >= 4 is 34.4 Å². The number of aliphatic hydroxyl groups excluding tert-OH is 3. The lowest BCUT2D eigenvalue weighted by Crippen LogP contribution is -2.54. The van der Waals surface area contributed by atoms with Gasteiger partial charge in [0.2, 0.25) is 11.8 Å². The standard InChI is InChI=1S/C29H34FIN2O7/c1-3-4-5-26(36)33(16-18-6-8-21(30)9-7-18)23-14-20(29(38)32-10-11-34)15-24(27(23)37)40-28-22(31)12-19(17-35)13-25(28)39-2/h3,6-9,12-13,15,23-24,27,34-35,37H,1,4-5,10-11,14,16-17H2,2H3,(H,32,38). The molecule has 0 spiro atoms. The minimum absolute atomic E-state index is 0.0248. The summed E-state index contributed by atoms with van der Waals surface area (Å²) in [6.07, 6.45) is 1.39. The van der Waals surface area contributed by atoms with Crippen molar-refractivity contribution in [1.82, 2.24) is 10.2 Å². The largest absolute Gasteiger partial charge is 0.493 e. The molecule has 9 nitrogen and oxygen atoms in total. The molecule has 0 aromatic heterocycles. The van der Waals surface area contributed by atoms with Crippen LogP contribution in [0.4, 0.5) is 4.39 Å². The fraction of sp³-hybridized carbons (Fsp3) is 0.379. The molecule has 1 aliphatic rings. The maximum absolute atomic E-state index is 13.6. The van der Waals surface area contributed by atoms with E-state index < -0.39 is 30.0 Å². The smallest absolute Gasteiger partial charge is 0.247 e. The average molecular weight is 669 g/mol. The average Bonchev–Trinajstić information content (AvgIpc) is 2.96. The number of ether oxygens (including phenoxy) is 2. The van der Waals surface area contributed by atoms with Gasteiger partial charge in [-0.05, 0) is 70.5 Å². The molecule has 0 aliphatic heterocycles. The Hall–Kier alpha value is -3.00. The molecule has 3 rings (SSSR count). The number of halogens is 2. The summed E-state index contributed by atoms with van der Waals surface area (Å²) in [5.41, 5.74) is 1.53. The number of allylic oxidation sites excluding steroid dienone is 1. The van der Waals surface area contributed by atoms with Gasteiger partial charge in [0.1, 0.15) is 18.0 Å². The highest BCUT2D eigenvalue weighted by Gasteiger charge is 2.40. The summed E-state index contributed by atoms with van der Waals surface area (Å²) >= 11 is 2.03. The van der Waals surface area contributed by atoms with Gasteiger partial charge in [0.25, 0.3) is 0 Å². The van der Waals surface area contributed by atoms with Gasteiger partial charge < -0.3 is 35.0 Å². The van der Waals surface area contributed by atoms with Crippen molar-refractivity contribution in [3.63, 3.8) is 0 Å². The number of methoxy groups -OCH3 is 1. The second-order valence-corrected chi connectivity index (χ2v) is 10.4. The van der Waals surface area contributed by atoms with E-state index in [1.165, 1.54) is 30.2 Å². The Morgan fingerprint density at radius 1 is 1.23 bits per heavy atom. The number of carbonyl (C=O) groups is 2. The quantitative estimate of drug-likeness (QED) is 0.191. The van der Waals surface area contributed by atoms with Crippen LogP contribution in [-0.4, -0.2) is 70.5 Å². The molecule has 0 saturated carbocycles. The lowest BCUT2D eigenvalue weighted by molar-refractivity contribution is -0.139. The number of carbonyl (C=O) groups excluding carboxylic acids is 2. The highest BCUT2D eigenvalue weighted by atomic mass is 127. The van der Waals surface area contributed by atoms with Crippen LogP contribution in [0.25, 0.3) is 0 Å². The second-order valence-electron chi connectivity index (χ2n) is 9.26. The molecule has 216 valence electrons. The van der Waals surface area contributed by atoms with Crippen LogP contribution < -0.4 is 14.8 Å². The fourth-order valence-corrected chi connectivity index (χ4v) is 5.23. The molecule has 40 heavy (non-hydrogen) atoms. The van der Waals surface area contributed by atoms with E-state index in [9.17, 15) is 29.3 Å². The molecule has 2 aromatic rings. The number of aliphatic hydroxyl groups is 3. The molecule has 0 bridgehead atoms. The topological polar surface area (TPSA) is 129 Å². The Morgan fingerprint density at radius 3 is 2.58 bits per heavy atom. The van der Waals surface area contributed by atoms with Crippen LogP contribution in [0.5, 0.6) is 11.5 Å². The first kappa shape index (κ1) is 31.5. The molecule has 2 amide bonds. The van der Waals surface area contributed by atoms with E-state index in [2.05, 4.69) is 11.9 Å². The zero-order valence-electron chi connectivity index (χ0n) is 22.2. The van der Waals surface area contributed by atoms with Crippen LogP contribution in [0.3, 0.4) is 0 Å². The summed E-state index contributed by atoms with van der Waals surface area (Å²) in [6, 6.07) is 8.17. The van der Waals surface area contributed by atoms with Crippen molar-refractivity contribution in [2.75, 3.05) is 20.3 Å². The van der Waals surface area contributed by atoms with Gasteiger partial charge in [-0.1, -0.05) is 18.2 Å². The fourth-order valence-electron chi connectivity index (χ4n) is 4.44. The summed E-state index contributed by atoms with van der Waals surface area (Å²) in [5.74, 6) is -0.517. The summed E-state index contributed by atoms with van der Waals surface area (Å²) < 4.78 is 25.9.